The van der Waals surface area contributed by atoms with Crippen LogP contribution in [0.5, 0.6) is 0 Å². The van der Waals surface area contributed by atoms with Crippen molar-refractivity contribution in [1.82, 2.24) is 9.97 Å². The molecule has 3 heteroatoms. The van der Waals surface area contributed by atoms with Gasteiger partial charge in [-0.05, 0) is 58.7 Å². The lowest BCUT2D eigenvalue weighted by atomic mass is 9.98. The Hall–Kier alpha value is -3.56. The molecule has 0 saturated heterocycles. The van der Waals surface area contributed by atoms with Gasteiger partial charge in [0.15, 0.2) is 0 Å². The van der Waals surface area contributed by atoms with E-state index >= 15 is 0 Å². The van der Waals surface area contributed by atoms with E-state index < -0.39 is 0 Å². The van der Waals surface area contributed by atoms with E-state index in [-0.39, 0.29) is 0 Å². The molecule has 0 radical (unpaired) electrons. The average molecular weight is 463 g/mol. The quantitative estimate of drug-likeness (QED) is 0.271. The minimum atomic E-state index is 0.869. The van der Waals surface area contributed by atoms with Gasteiger partial charge in [0.05, 0.1) is 17.1 Å². The molecule has 0 unspecified atom stereocenters. The molecule has 3 aromatic carbocycles. The van der Waals surface area contributed by atoms with Crippen LogP contribution in [0.1, 0.15) is 0 Å². The van der Waals surface area contributed by atoms with Crippen LogP contribution in [0.4, 0.5) is 0 Å². The van der Waals surface area contributed by atoms with Crippen molar-refractivity contribution in [3.05, 3.63) is 120 Å². The molecule has 2 heterocycles. The van der Waals surface area contributed by atoms with Crippen LogP contribution in [0, 0.1) is 0 Å². The van der Waals surface area contributed by atoms with Crippen LogP contribution in [0.25, 0.3) is 44.9 Å². The summed E-state index contributed by atoms with van der Waals surface area (Å²) in [6, 6.07) is 37.5. The molecule has 5 rings (SSSR count). The summed E-state index contributed by atoms with van der Waals surface area (Å²) >= 11 is 3.50. The Labute approximate surface area is 190 Å². The zero-order valence-corrected chi connectivity index (χ0v) is 18.3. The fourth-order valence-corrected chi connectivity index (χ4v) is 3.86. The molecule has 0 spiro atoms. The van der Waals surface area contributed by atoms with Crippen LogP contribution in [-0.2, 0) is 0 Å². The van der Waals surface area contributed by atoms with Crippen LogP contribution in [0.2, 0.25) is 0 Å². The highest BCUT2D eigenvalue weighted by molar-refractivity contribution is 9.10. The second-order valence-electron chi connectivity index (χ2n) is 7.29. The highest BCUT2D eigenvalue weighted by atomic mass is 79.9. The molecule has 0 bridgehead atoms. The Bertz CT molecular complexity index is 1240. The van der Waals surface area contributed by atoms with Gasteiger partial charge >= 0.3 is 0 Å². The van der Waals surface area contributed by atoms with Gasteiger partial charge < -0.3 is 0 Å². The molecule has 0 N–H and O–H groups in total. The molecule has 31 heavy (non-hydrogen) atoms. The fourth-order valence-electron chi connectivity index (χ4n) is 3.60. The first-order valence-corrected chi connectivity index (χ1v) is 10.9. The molecule has 5 aromatic rings. The van der Waals surface area contributed by atoms with Crippen molar-refractivity contribution >= 4 is 15.9 Å². The normalized spacial score (nSPS) is 10.7. The van der Waals surface area contributed by atoms with Gasteiger partial charge in [-0.25, -0.2) is 4.98 Å². The zero-order valence-electron chi connectivity index (χ0n) is 16.7. The van der Waals surface area contributed by atoms with Crippen LogP contribution >= 0.6 is 15.9 Å². The topological polar surface area (TPSA) is 25.8 Å². The average Bonchev–Trinajstić information content (AvgIpc) is 2.85. The van der Waals surface area contributed by atoms with Crippen molar-refractivity contribution in [3.63, 3.8) is 0 Å². The van der Waals surface area contributed by atoms with Gasteiger partial charge in [-0.3, -0.25) is 4.98 Å². The van der Waals surface area contributed by atoms with E-state index in [0.717, 1.165) is 38.2 Å². The first kappa shape index (κ1) is 19.4. The molecule has 0 aliphatic rings. The van der Waals surface area contributed by atoms with Gasteiger partial charge in [0.25, 0.3) is 0 Å². The molecular weight excluding hydrogens is 444 g/mol. The van der Waals surface area contributed by atoms with Crippen molar-refractivity contribution in [1.29, 1.82) is 0 Å². The van der Waals surface area contributed by atoms with Crippen molar-refractivity contribution in [2.24, 2.45) is 0 Å². The second kappa shape index (κ2) is 8.66. The minimum absolute atomic E-state index is 0.869. The largest absolute Gasteiger partial charge is 0.255 e. The van der Waals surface area contributed by atoms with Crippen LogP contribution in [-0.4, -0.2) is 9.97 Å². The number of nitrogens with zero attached hydrogens (tertiary/aromatic N) is 2. The van der Waals surface area contributed by atoms with Crippen molar-refractivity contribution < 1.29 is 0 Å². The Morgan fingerprint density at radius 1 is 0.452 bits per heavy atom. The number of hydrogen-bond acceptors (Lipinski definition) is 2. The van der Waals surface area contributed by atoms with E-state index in [2.05, 4.69) is 93.7 Å². The summed E-state index contributed by atoms with van der Waals surface area (Å²) < 4.78 is 1.08. The molecule has 2 nitrogen and oxygen atoms in total. The number of pyridine rings is 2. The smallest absolute Gasteiger partial charge is 0.0899 e. The summed E-state index contributed by atoms with van der Waals surface area (Å²) in [5.41, 5.74) is 8.43. The first-order valence-electron chi connectivity index (χ1n) is 10.1. The van der Waals surface area contributed by atoms with E-state index in [1.165, 1.54) is 11.1 Å². The lowest BCUT2D eigenvalue weighted by molar-refractivity contribution is 1.25. The Balaban J connectivity index is 1.58. The van der Waals surface area contributed by atoms with Gasteiger partial charge in [0.1, 0.15) is 0 Å². The van der Waals surface area contributed by atoms with Gasteiger partial charge in [-0.2, -0.15) is 0 Å². The Morgan fingerprint density at radius 3 is 1.68 bits per heavy atom. The predicted octanol–water partition coefficient (Wildman–Crippen LogP) is 7.91. The lowest BCUT2D eigenvalue weighted by Gasteiger charge is -2.10. The summed E-state index contributed by atoms with van der Waals surface area (Å²) in [4.78, 5) is 9.42. The number of aromatic nitrogens is 2. The van der Waals surface area contributed by atoms with Gasteiger partial charge in [0.2, 0.25) is 0 Å². The maximum atomic E-state index is 4.91. The fraction of sp³-hybridized carbons (Fsp3) is 0. The highest BCUT2D eigenvalue weighted by Crippen LogP contribution is 2.31. The summed E-state index contributed by atoms with van der Waals surface area (Å²) in [5, 5.41) is 0. The summed E-state index contributed by atoms with van der Waals surface area (Å²) in [7, 11) is 0. The first-order chi connectivity index (χ1) is 15.3. The zero-order chi connectivity index (χ0) is 21.0. The van der Waals surface area contributed by atoms with Gasteiger partial charge in [-0.15, -0.1) is 0 Å². The third kappa shape index (κ3) is 4.32. The van der Waals surface area contributed by atoms with Crippen LogP contribution < -0.4 is 0 Å². The van der Waals surface area contributed by atoms with Gasteiger partial charge in [-0.1, -0.05) is 88.7 Å². The standard InChI is InChI=1S/C28H19BrN2/c29-25-15-13-21(14-16-25)20-9-11-22(12-10-20)24-18-27(23-6-2-1-3-7-23)31-28(19-24)26-8-4-5-17-30-26/h1-19H. The molecule has 148 valence electrons. The van der Waals surface area contributed by atoms with Crippen molar-refractivity contribution in [2.75, 3.05) is 0 Å². The van der Waals surface area contributed by atoms with E-state index in [9.17, 15) is 0 Å². The SMILES string of the molecule is Brc1ccc(-c2ccc(-c3cc(-c4ccccc4)nc(-c4ccccn4)c3)cc2)cc1. The maximum Gasteiger partial charge on any atom is 0.0899 e. The molecule has 0 atom stereocenters. The number of rotatable bonds is 4. The van der Waals surface area contributed by atoms with Crippen LogP contribution in [0.3, 0.4) is 0 Å². The lowest BCUT2D eigenvalue weighted by Crippen LogP contribution is -1.92. The van der Waals surface area contributed by atoms with Crippen molar-refractivity contribution in [3.8, 4) is 44.9 Å². The summed E-state index contributed by atoms with van der Waals surface area (Å²) in [6.07, 6.45) is 1.80. The number of hydrogen-bond donors (Lipinski definition) is 0. The second-order valence-corrected chi connectivity index (χ2v) is 8.21. The molecule has 2 aromatic heterocycles. The van der Waals surface area contributed by atoms with Gasteiger partial charge in [0, 0.05) is 16.2 Å². The third-order valence-electron chi connectivity index (χ3n) is 5.22. The highest BCUT2D eigenvalue weighted by Gasteiger charge is 2.10. The summed E-state index contributed by atoms with van der Waals surface area (Å²) in [5.74, 6) is 0. The van der Waals surface area contributed by atoms with E-state index in [1.807, 2.05) is 36.4 Å². The number of benzene rings is 3. The minimum Gasteiger partial charge on any atom is -0.255 e. The molecule has 0 aliphatic heterocycles. The van der Waals surface area contributed by atoms with Crippen molar-refractivity contribution in [2.45, 2.75) is 0 Å². The Kier molecular flexibility index (Phi) is 5.42. The number of halogens is 1. The van der Waals surface area contributed by atoms with E-state index in [4.69, 9.17) is 4.98 Å². The predicted molar refractivity (Wildman–Crippen MR) is 131 cm³/mol. The van der Waals surface area contributed by atoms with E-state index in [1.54, 1.807) is 6.20 Å². The maximum absolute atomic E-state index is 4.91. The molecule has 0 aliphatic carbocycles. The summed E-state index contributed by atoms with van der Waals surface area (Å²) in [6.45, 7) is 0. The molecule has 0 fully saturated rings. The monoisotopic (exact) mass is 462 g/mol. The van der Waals surface area contributed by atoms with E-state index in [0.29, 0.717) is 0 Å². The third-order valence-corrected chi connectivity index (χ3v) is 5.75. The molecule has 0 saturated carbocycles. The Morgan fingerprint density at radius 2 is 1.03 bits per heavy atom. The molecular formula is C28H19BrN2. The van der Waals surface area contributed by atoms with Crippen LogP contribution in [0.15, 0.2) is 120 Å². The molecule has 0 amide bonds.